The van der Waals surface area contributed by atoms with Crippen LogP contribution in [0, 0.1) is 17.8 Å². The summed E-state index contributed by atoms with van der Waals surface area (Å²) in [6, 6.07) is 3.78. The van der Waals surface area contributed by atoms with E-state index in [1.54, 1.807) is 13.1 Å². The first-order chi connectivity index (χ1) is 18.4. The van der Waals surface area contributed by atoms with Gasteiger partial charge in [-0.05, 0) is 29.4 Å². The third kappa shape index (κ3) is 8.29. The number of nitrogens with two attached hydrogens (primary N) is 1. The molecule has 3 amide bonds. The summed E-state index contributed by atoms with van der Waals surface area (Å²) in [6.07, 6.45) is 3.80. The van der Waals surface area contributed by atoms with Gasteiger partial charge in [-0.3, -0.25) is 14.4 Å². The van der Waals surface area contributed by atoms with Crippen molar-refractivity contribution in [3.8, 4) is 0 Å². The SMILES string of the molecule is CCC(C)C(N)C(=O)NC(Cc1c[nH]c2ccccc12)C(=O)NC(C(=O)NC(C(=O)O)C(C)CC)C(C)CC. The van der Waals surface area contributed by atoms with Crippen molar-refractivity contribution >= 4 is 34.6 Å². The molecule has 10 heteroatoms. The summed E-state index contributed by atoms with van der Waals surface area (Å²) in [6.45, 7) is 11.1. The summed E-state index contributed by atoms with van der Waals surface area (Å²) in [4.78, 5) is 55.0. The number of hydrogen-bond donors (Lipinski definition) is 6. The van der Waals surface area contributed by atoms with Crippen molar-refractivity contribution in [2.75, 3.05) is 0 Å². The van der Waals surface area contributed by atoms with Crippen LogP contribution in [0.5, 0.6) is 0 Å². The van der Waals surface area contributed by atoms with Crippen LogP contribution in [0.1, 0.15) is 66.4 Å². The molecule has 0 radical (unpaired) electrons. The van der Waals surface area contributed by atoms with E-state index in [-0.39, 0.29) is 24.2 Å². The first-order valence-electron chi connectivity index (χ1n) is 13.9. The molecule has 0 spiro atoms. The van der Waals surface area contributed by atoms with Gasteiger partial charge in [0, 0.05) is 23.5 Å². The van der Waals surface area contributed by atoms with E-state index in [1.807, 2.05) is 58.9 Å². The highest BCUT2D eigenvalue weighted by Gasteiger charge is 2.34. The molecule has 0 aliphatic heterocycles. The Kier molecular flexibility index (Phi) is 12.0. The van der Waals surface area contributed by atoms with Crippen LogP contribution in [-0.4, -0.2) is 57.9 Å². The van der Waals surface area contributed by atoms with Gasteiger partial charge in [-0.1, -0.05) is 79.0 Å². The fourth-order valence-corrected chi connectivity index (χ4v) is 4.39. The largest absolute Gasteiger partial charge is 0.480 e. The summed E-state index contributed by atoms with van der Waals surface area (Å²) < 4.78 is 0. The standard InChI is InChI=1S/C29H45N5O5/c1-7-16(4)23(30)27(36)32-22(14-19-15-31-21-13-11-10-12-20(19)21)26(35)33-24(17(5)8-2)28(37)34-25(29(38)39)18(6)9-3/h10-13,15-18,22-25,31H,7-9,14,30H2,1-6H3,(H,32,36)(H,33,35)(H,34,37)(H,38,39). The molecule has 0 saturated carbocycles. The quantitative estimate of drug-likeness (QED) is 0.202. The molecule has 0 aliphatic carbocycles. The summed E-state index contributed by atoms with van der Waals surface area (Å²) >= 11 is 0. The van der Waals surface area contributed by atoms with Gasteiger partial charge in [-0.15, -0.1) is 0 Å². The van der Waals surface area contributed by atoms with Crippen molar-refractivity contribution in [2.24, 2.45) is 23.5 Å². The van der Waals surface area contributed by atoms with Gasteiger partial charge in [-0.2, -0.15) is 0 Å². The number of hydrogen-bond acceptors (Lipinski definition) is 5. The van der Waals surface area contributed by atoms with Gasteiger partial charge in [0.2, 0.25) is 17.7 Å². The van der Waals surface area contributed by atoms with Crippen molar-refractivity contribution in [3.05, 3.63) is 36.0 Å². The zero-order valence-electron chi connectivity index (χ0n) is 23.9. The minimum atomic E-state index is -1.13. The topological polar surface area (TPSA) is 166 Å². The van der Waals surface area contributed by atoms with E-state index in [9.17, 15) is 24.3 Å². The van der Waals surface area contributed by atoms with Crippen molar-refractivity contribution in [1.82, 2.24) is 20.9 Å². The maximum absolute atomic E-state index is 13.7. The fraction of sp³-hybridized carbons (Fsp3) is 0.586. The van der Waals surface area contributed by atoms with Crippen LogP contribution in [-0.2, 0) is 25.6 Å². The smallest absolute Gasteiger partial charge is 0.326 e. The zero-order chi connectivity index (χ0) is 29.3. The number of carbonyl (C=O) groups excluding carboxylic acids is 3. The molecule has 7 atom stereocenters. The van der Waals surface area contributed by atoms with Crippen LogP contribution >= 0.6 is 0 Å². The highest BCUT2D eigenvalue weighted by molar-refractivity contribution is 5.95. The van der Waals surface area contributed by atoms with E-state index in [0.29, 0.717) is 19.3 Å². The maximum atomic E-state index is 13.7. The van der Waals surface area contributed by atoms with Crippen LogP contribution in [0.2, 0.25) is 0 Å². The number of benzene rings is 1. The van der Waals surface area contributed by atoms with Gasteiger partial charge in [0.1, 0.15) is 18.1 Å². The minimum Gasteiger partial charge on any atom is -0.480 e. The lowest BCUT2D eigenvalue weighted by Crippen LogP contribution is -2.60. The molecule has 2 aromatic rings. The van der Waals surface area contributed by atoms with Crippen LogP contribution in [0.25, 0.3) is 10.9 Å². The van der Waals surface area contributed by atoms with Gasteiger partial charge in [0.15, 0.2) is 0 Å². The number of carbonyl (C=O) groups is 4. The number of aromatic amines is 1. The lowest BCUT2D eigenvalue weighted by atomic mass is 9.94. The van der Waals surface area contributed by atoms with Gasteiger partial charge < -0.3 is 31.8 Å². The van der Waals surface area contributed by atoms with Gasteiger partial charge in [0.25, 0.3) is 0 Å². The second-order valence-electron chi connectivity index (χ2n) is 10.6. The Morgan fingerprint density at radius 1 is 0.821 bits per heavy atom. The Hall–Kier alpha value is -3.40. The van der Waals surface area contributed by atoms with Crippen LogP contribution in [0.3, 0.4) is 0 Å². The normalized spacial score (nSPS) is 16.8. The summed E-state index contributed by atoms with van der Waals surface area (Å²) in [7, 11) is 0. The number of aliphatic carboxylic acids is 1. The van der Waals surface area contributed by atoms with Crippen molar-refractivity contribution in [2.45, 2.75) is 91.4 Å². The molecule has 1 aromatic heterocycles. The summed E-state index contributed by atoms with van der Waals surface area (Å²) in [5.74, 6) is -3.36. The van der Waals surface area contributed by atoms with Crippen molar-refractivity contribution in [1.29, 1.82) is 0 Å². The van der Waals surface area contributed by atoms with Gasteiger partial charge in [-0.25, -0.2) is 4.79 Å². The minimum absolute atomic E-state index is 0.0889. The molecule has 2 rings (SSSR count). The molecule has 0 bridgehead atoms. The third-order valence-electron chi connectivity index (χ3n) is 7.86. The van der Waals surface area contributed by atoms with E-state index >= 15 is 0 Å². The number of H-pyrrole nitrogens is 1. The molecular weight excluding hydrogens is 498 g/mol. The highest BCUT2D eigenvalue weighted by atomic mass is 16.4. The molecule has 1 heterocycles. The molecule has 216 valence electrons. The molecule has 0 saturated heterocycles. The Balaban J connectivity index is 2.35. The number of aromatic nitrogens is 1. The Morgan fingerprint density at radius 3 is 1.97 bits per heavy atom. The van der Waals surface area contributed by atoms with Crippen molar-refractivity contribution in [3.63, 3.8) is 0 Å². The molecule has 1 aromatic carbocycles. The zero-order valence-corrected chi connectivity index (χ0v) is 23.9. The van der Waals surface area contributed by atoms with Crippen molar-refractivity contribution < 1.29 is 24.3 Å². The Bertz CT molecular complexity index is 1130. The molecule has 0 fully saturated rings. The van der Waals surface area contributed by atoms with E-state index in [4.69, 9.17) is 5.73 Å². The maximum Gasteiger partial charge on any atom is 0.326 e. The number of carboxylic acid groups (broad SMARTS) is 1. The first-order valence-corrected chi connectivity index (χ1v) is 13.9. The number of amides is 3. The Labute approximate surface area is 230 Å². The van der Waals surface area contributed by atoms with Crippen LogP contribution in [0.15, 0.2) is 30.5 Å². The third-order valence-corrected chi connectivity index (χ3v) is 7.86. The molecule has 7 unspecified atom stereocenters. The number of fused-ring (bicyclic) bond motifs is 1. The monoisotopic (exact) mass is 543 g/mol. The van der Waals surface area contributed by atoms with Gasteiger partial charge in [0.05, 0.1) is 6.04 Å². The van der Waals surface area contributed by atoms with E-state index in [0.717, 1.165) is 16.5 Å². The molecule has 0 aliphatic rings. The fourth-order valence-electron chi connectivity index (χ4n) is 4.39. The molecule has 7 N–H and O–H groups in total. The highest BCUT2D eigenvalue weighted by Crippen LogP contribution is 2.20. The summed E-state index contributed by atoms with van der Waals surface area (Å²) in [5.41, 5.74) is 7.89. The van der Waals surface area contributed by atoms with Crippen LogP contribution in [0.4, 0.5) is 0 Å². The molecule has 10 nitrogen and oxygen atoms in total. The summed E-state index contributed by atoms with van der Waals surface area (Å²) in [5, 5.41) is 18.8. The van der Waals surface area contributed by atoms with E-state index in [1.165, 1.54) is 0 Å². The number of carboxylic acids is 1. The van der Waals surface area contributed by atoms with Gasteiger partial charge >= 0.3 is 5.97 Å². The number of rotatable bonds is 15. The lowest BCUT2D eigenvalue weighted by Gasteiger charge is -2.29. The molecular formula is C29H45N5O5. The lowest BCUT2D eigenvalue weighted by molar-refractivity contribution is -0.144. The molecule has 39 heavy (non-hydrogen) atoms. The Morgan fingerprint density at radius 2 is 1.38 bits per heavy atom. The average molecular weight is 544 g/mol. The predicted octanol–water partition coefficient (Wildman–Crippen LogP) is 2.72. The number of para-hydroxylation sites is 1. The second kappa shape index (κ2) is 14.7. The van der Waals surface area contributed by atoms with E-state index < -0.39 is 47.9 Å². The number of nitrogens with one attached hydrogen (secondary N) is 4. The first kappa shape index (κ1) is 31.8. The van der Waals surface area contributed by atoms with E-state index in [2.05, 4.69) is 20.9 Å². The van der Waals surface area contributed by atoms with Crippen LogP contribution < -0.4 is 21.7 Å². The second-order valence-corrected chi connectivity index (χ2v) is 10.6. The average Bonchev–Trinajstić information content (AvgIpc) is 3.34. The predicted molar refractivity (Wildman–Crippen MR) is 152 cm³/mol.